The fourth-order valence-electron chi connectivity index (χ4n) is 8.72. The Morgan fingerprint density at radius 3 is 1.51 bits per heavy atom. The number of ether oxygens (including phenoxy) is 4. The van der Waals surface area contributed by atoms with Gasteiger partial charge in [0.1, 0.15) is 48.8 Å². The minimum absolute atomic E-state index is 0.256. The molecule has 0 radical (unpaired) electrons. The van der Waals surface area contributed by atoms with E-state index in [1.165, 1.54) is 70.6 Å². The molecule has 14 nitrogen and oxygen atoms in total. The quantitative estimate of drug-likeness (QED) is 0.0206. The summed E-state index contributed by atoms with van der Waals surface area (Å²) in [6.45, 7) is 2.63. The van der Waals surface area contributed by atoms with E-state index in [0.717, 1.165) is 83.5 Å². The van der Waals surface area contributed by atoms with Crippen LogP contribution in [0.4, 0.5) is 0 Å². The van der Waals surface area contributed by atoms with Gasteiger partial charge in [-0.3, -0.25) is 4.79 Å². The van der Waals surface area contributed by atoms with Crippen molar-refractivity contribution in [2.75, 3.05) is 19.8 Å². The van der Waals surface area contributed by atoms with Gasteiger partial charge in [0.05, 0.1) is 32.0 Å². The van der Waals surface area contributed by atoms with E-state index in [0.29, 0.717) is 12.8 Å². The van der Waals surface area contributed by atoms with Crippen LogP contribution in [-0.4, -0.2) is 140 Å². The Hall–Kier alpha value is -2.83. The molecule has 2 rings (SSSR count). The zero-order valence-corrected chi connectivity index (χ0v) is 44.8. The average molecular weight is 1030 g/mol. The first kappa shape index (κ1) is 66.3. The molecule has 2 fully saturated rings. The van der Waals surface area contributed by atoms with E-state index in [4.69, 9.17) is 18.9 Å². The summed E-state index contributed by atoms with van der Waals surface area (Å²) in [5.41, 5.74) is 0. The molecule has 0 aromatic heterocycles. The average Bonchev–Trinajstić information content (AvgIpc) is 3.39. The molecule has 2 aliphatic rings. The molecular formula is C59H101NO13. The molecule has 2 heterocycles. The number of hydrogen-bond donors (Lipinski definition) is 9. The van der Waals surface area contributed by atoms with Crippen molar-refractivity contribution in [3.05, 3.63) is 85.1 Å². The summed E-state index contributed by atoms with van der Waals surface area (Å²) in [6.07, 6.45) is 41.8. The lowest BCUT2D eigenvalue weighted by molar-refractivity contribution is -0.359. The van der Waals surface area contributed by atoms with Gasteiger partial charge >= 0.3 is 0 Å². The van der Waals surface area contributed by atoms with E-state index in [-0.39, 0.29) is 18.9 Å². The van der Waals surface area contributed by atoms with Gasteiger partial charge in [0, 0.05) is 6.42 Å². The van der Waals surface area contributed by atoms with Crippen LogP contribution in [0.25, 0.3) is 0 Å². The van der Waals surface area contributed by atoms with Crippen LogP contribution in [0, 0.1) is 0 Å². The molecule has 12 unspecified atom stereocenters. The first-order chi connectivity index (χ1) is 35.6. The number of aliphatic hydroxyl groups excluding tert-OH is 8. The highest BCUT2D eigenvalue weighted by atomic mass is 16.7. The number of carbonyl (C=O) groups excluding carboxylic acids is 1. The van der Waals surface area contributed by atoms with Crippen LogP contribution < -0.4 is 5.32 Å². The number of hydrogen-bond acceptors (Lipinski definition) is 13. The molecule has 0 saturated carbocycles. The molecule has 0 spiro atoms. The summed E-state index contributed by atoms with van der Waals surface area (Å²) in [5.74, 6) is -0.266. The van der Waals surface area contributed by atoms with E-state index < -0.39 is 86.8 Å². The smallest absolute Gasteiger partial charge is 0.220 e. The van der Waals surface area contributed by atoms with Crippen molar-refractivity contribution < 1.29 is 64.6 Å². The molecule has 9 N–H and O–H groups in total. The van der Waals surface area contributed by atoms with Crippen molar-refractivity contribution >= 4 is 5.91 Å². The van der Waals surface area contributed by atoms with Crippen LogP contribution in [0.3, 0.4) is 0 Å². The van der Waals surface area contributed by atoms with Crippen LogP contribution in [0.1, 0.15) is 187 Å². The molecule has 0 aromatic rings. The van der Waals surface area contributed by atoms with Gasteiger partial charge in [-0.05, 0) is 83.5 Å². The fourth-order valence-corrected chi connectivity index (χ4v) is 8.72. The lowest BCUT2D eigenvalue weighted by Gasteiger charge is -2.46. The van der Waals surface area contributed by atoms with Crippen molar-refractivity contribution in [1.82, 2.24) is 5.32 Å². The highest BCUT2D eigenvalue weighted by Gasteiger charge is 2.51. The van der Waals surface area contributed by atoms with E-state index in [2.05, 4.69) is 92.1 Å². The highest BCUT2D eigenvalue weighted by Crippen LogP contribution is 2.30. The van der Waals surface area contributed by atoms with Gasteiger partial charge in [-0.15, -0.1) is 0 Å². The van der Waals surface area contributed by atoms with Gasteiger partial charge in [-0.1, -0.05) is 182 Å². The maximum Gasteiger partial charge on any atom is 0.220 e. The van der Waals surface area contributed by atoms with Crippen molar-refractivity contribution in [3.8, 4) is 0 Å². The number of unbranched alkanes of at least 4 members (excludes halogenated alkanes) is 18. The normalized spacial score (nSPS) is 26.1. The number of carbonyl (C=O) groups is 1. The first-order valence-electron chi connectivity index (χ1n) is 28.3. The Labute approximate surface area is 440 Å². The Kier molecular flexibility index (Phi) is 40.2. The van der Waals surface area contributed by atoms with Crippen LogP contribution >= 0.6 is 0 Å². The zero-order valence-electron chi connectivity index (χ0n) is 44.8. The van der Waals surface area contributed by atoms with Crippen LogP contribution in [0.2, 0.25) is 0 Å². The first-order valence-corrected chi connectivity index (χ1v) is 28.3. The molecule has 0 bridgehead atoms. The second kappa shape index (κ2) is 44.3. The third-order valence-electron chi connectivity index (χ3n) is 13.3. The molecule has 12 atom stereocenters. The Balaban J connectivity index is 1.82. The number of rotatable bonds is 43. The Bertz CT molecular complexity index is 1550. The molecule has 0 aliphatic carbocycles. The molecule has 73 heavy (non-hydrogen) atoms. The largest absolute Gasteiger partial charge is 0.394 e. The van der Waals surface area contributed by atoms with E-state index >= 15 is 0 Å². The molecular weight excluding hydrogens is 931 g/mol. The monoisotopic (exact) mass is 1030 g/mol. The summed E-state index contributed by atoms with van der Waals surface area (Å²) >= 11 is 0. The SMILES string of the molecule is CC/C=C\C/C=C\C/C=C\C/C=C\CCCCCCCCCCC(=O)NC(COC1OC(CO)C(OC2OC(CO)C(O)C(O)C2O)C(O)C1O)C(O)/C=C/CC/C=C/CC/C=C/CCCCCCCCCC. The third kappa shape index (κ3) is 30.5. The number of aliphatic hydroxyl groups is 8. The highest BCUT2D eigenvalue weighted by molar-refractivity contribution is 5.76. The second-order valence-corrected chi connectivity index (χ2v) is 19.7. The molecule has 0 aromatic carbocycles. The lowest BCUT2D eigenvalue weighted by atomic mass is 9.97. The van der Waals surface area contributed by atoms with Crippen LogP contribution in [0.15, 0.2) is 85.1 Å². The van der Waals surface area contributed by atoms with Crippen molar-refractivity contribution in [2.24, 2.45) is 0 Å². The molecule has 14 heteroatoms. The summed E-state index contributed by atoms with van der Waals surface area (Å²) < 4.78 is 22.7. The van der Waals surface area contributed by atoms with Crippen molar-refractivity contribution in [1.29, 1.82) is 0 Å². The van der Waals surface area contributed by atoms with Gasteiger partial charge in [0.2, 0.25) is 5.91 Å². The van der Waals surface area contributed by atoms with E-state index in [1.54, 1.807) is 6.08 Å². The standard InChI is InChI=1S/C59H101NO13/c1-3-5-7-9-11-13-15-17-19-21-23-24-25-27-29-31-33-35-37-39-41-43-51(64)60-47(48(63)42-40-38-36-34-32-30-28-26-22-20-18-16-14-12-10-8-6-4-2)46-70-58-56(69)54(67)57(50(45-62)72-58)73-59-55(68)53(66)52(65)49(44-61)71-59/h5,7,11,13,17,19,22-24,26,32,34,40,42,47-50,52-59,61-63,65-69H,3-4,6,8-10,12,14-16,18,20-21,25,27-31,33,35-39,41,43-46H2,1-2H3,(H,60,64)/b7-5-,13-11-,19-17-,24-23-,26-22+,34-32+,42-40+. The molecule has 2 saturated heterocycles. The van der Waals surface area contributed by atoms with Gasteiger partial charge in [0.15, 0.2) is 12.6 Å². The number of allylic oxidation sites excluding steroid dienone is 13. The summed E-state index contributed by atoms with van der Waals surface area (Å²) in [4.78, 5) is 13.2. The van der Waals surface area contributed by atoms with Crippen molar-refractivity contribution in [3.63, 3.8) is 0 Å². The van der Waals surface area contributed by atoms with Crippen molar-refractivity contribution in [2.45, 2.75) is 261 Å². The van der Waals surface area contributed by atoms with E-state index in [1.807, 2.05) is 6.08 Å². The summed E-state index contributed by atoms with van der Waals surface area (Å²) in [6, 6.07) is -0.947. The van der Waals surface area contributed by atoms with Crippen LogP contribution in [0.5, 0.6) is 0 Å². The molecule has 1 amide bonds. The summed E-state index contributed by atoms with van der Waals surface area (Å²) in [7, 11) is 0. The fraction of sp³-hybridized carbons (Fsp3) is 0.746. The van der Waals surface area contributed by atoms with Gasteiger partial charge in [0.25, 0.3) is 0 Å². The maximum absolute atomic E-state index is 13.2. The Morgan fingerprint density at radius 1 is 0.507 bits per heavy atom. The molecule has 2 aliphatic heterocycles. The van der Waals surface area contributed by atoms with Gasteiger partial charge < -0.3 is 65.1 Å². The van der Waals surface area contributed by atoms with Crippen LogP contribution in [-0.2, 0) is 23.7 Å². The second-order valence-electron chi connectivity index (χ2n) is 19.7. The van der Waals surface area contributed by atoms with Gasteiger partial charge in [-0.2, -0.15) is 0 Å². The Morgan fingerprint density at radius 2 is 0.959 bits per heavy atom. The third-order valence-corrected chi connectivity index (χ3v) is 13.3. The minimum Gasteiger partial charge on any atom is -0.394 e. The molecule has 420 valence electrons. The maximum atomic E-state index is 13.2. The predicted octanol–water partition coefficient (Wildman–Crippen LogP) is 8.94. The van der Waals surface area contributed by atoms with E-state index in [9.17, 15) is 45.6 Å². The van der Waals surface area contributed by atoms with Gasteiger partial charge in [-0.25, -0.2) is 0 Å². The minimum atomic E-state index is -1.80. The zero-order chi connectivity index (χ0) is 53.2. The summed E-state index contributed by atoms with van der Waals surface area (Å²) in [5, 5.41) is 87.0. The number of amides is 1. The predicted molar refractivity (Wildman–Crippen MR) is 290 cm³/mol. The topological polar surface area (TPSA) is 228 Å². The number of nitrogens with one attached hydrogen (secondary N) is 1. The lowest BCUT2D eigenvalue weighted by Crippen LogP contribution is -2.65.